The maximum atomic E-state index is 12.6. The van der Waals surface area contributed by atoms with Crippen LogP contribution in [0, 0.1) is 0 Å². The molecule has 2 heterocycles. The van der Waals surface area contributed by atoms with Crippen LogP contribution in [-0.2, 0) is 19.3 Å². The van der Waals surface area contributed by atoms with Crippen molar-refractivity contribution in [1.29, 1.82) is 0 Å². The van der Waals surface area contributed by atoms with Crippen LogP contribution in [0.15, 0.2) is 24.3 Å². The predicted molar refractivity (Wildman–Crippen MR) is 58.6 cm³/mol. The van der Waals surface area contributed by atoms with Gasteiger partial charge < -0.3 is 9.88 Å². The van der Waals surface area contributed by atoms with Gasteiger partial charge in [0.1, 0.15) is 0 Å². The Morgan fingerprint density at radius 1 is 1.18 bits per heavy atom. The molecule has 0 saturated carbocycles. The number of halogens is 3. The molecule has 1 N–H and O–H groups in total. The monoisotopic (exact) mass is 240 g/mol. The lowest BCUT2D eigenvalue weighted by molar-refractivity contribution is -0.137. The molecule has 0 radical (unpaired) electrons. The molecule has 90 valence electrons. The molecule has 1 aliphatic heterocycles. The Hall–Kier alpha value is -1.49. The van der Waals surface area contributed by atoms with Crippen molar-refractivity contribution in [3.05, 3.63) is 35.5 Å². The van der Waals surface area contributed by atoms with Gasteiger partial charge in [-0.3, -0.25) is 0 Å². The molecule has 0 amide bonds. The Morgan fingerprint density at radius 3 is 2.76 bits per heavy atom. The number of alkyl halides is 3. The number of hydrogen-bond acceptors (Lipinski definition) is 1. The molecular formula is C12H11F3N2. The minimum absolute atomic E-state index is 0.582. The van der Waals surface area contributed by atoms with Crippen molar-refractivity contribution in [2.75, 3.05) is 6.54 Å². The molecule has 0 aliphatic carbocycles. The Bertz CT molecular complexity index is 569. The third kappa shape index (κ3) is 1.70. The summed E-state index contributed by atoms with van der Waals surface area (Å²) in [6.45, 7) is 2.39. The number of nitrogens with one attached hydrogen (secondary N) is 1. The van der Waals surface area contributed by atoms with Crippen LogP contribution in [0.5, 0.6) is 0 Å². The number of benzene rings is 1. The fraction of sp³-hybridized carbons (Fsp3) is 0.333. The van der Waals surface area contributed by atoms with Crippen LogP contribution in [-0.4, -0.2) is 11.1 Å². The standard InChI is InChI=1S/C12H11F3N2/c13-12(14,15)9-1-2-11-8(5-9)6-10-7-16-3-4-17(10)11/h1-2,5-6,16H,3-4,7H2. The van der Waals surface area contributed by atoms with Crippen molar-refractivity contribution < 1.29 is 13.2 Å². The van der Waals surface area contributed by atoms with Crippen LogP contribution < -0.4 is 5.32 Å². The third-order valence-electron chi connectivity index (χ3n) is 3.13. The first-order chi connectivity index (χ1) is 8.05. The second-order valence-electron chi connectivity index (χ2n) is 4.24. The highest BCUT2D eigenvalue weighted by Gasteiger charge is 2.30. The van der Waals surface area contributed by atoms with Crippen molar-refractivity contribution in [1.82, 2.24) is 9.88 Å². The van der Waals surface area contributed by atoms with Crippen LogP contribution in [0.2, 0.25) is 0 Å². The molecule has 17 heavy (non-hydrogen) atoms. The molecule has 1 aromatic carbocycles. The number of rotatable bonds is 0. The van der Waals surface area contributed by atoms with Crippen molar-refractivity contribution in [3.63, 3.8) is 0 Å². The number of fused-ring (bicyclic) bond motifs is 3. The van der Waals surface area contributed by atoms with Crippen molar-refractivity contribution >= 4 is 10.9 Å². The second-order valence-corrected chi connectivity index (χ2v) is 4.24. The topological polar surface area (TPSA) is 17.0 Å². The van der Waals surface area contributed by atoms with E-state index >= 15 is 0 Å². The zero-order chi connectivity index (χ0) is 12.0. The number of hydrogen-bond donors (Lipinski definition) is 1. The molecule has 2 aromatic rings. The highest BCUT2D eigenvalue weighted by molar-refractivity contribution is 5.82. The van der Waals surface area contributed by atoms with Crippen molar-refractivity contribution in [3.8, 4) is 0 Å². The van der Waals surface area contributed by atoms with E-state index in [0.717, 1.165) is 36.9 Å². The Balaban J connectivity index is 2.18. The molecule has 2 nitrogen and oxygen atoms in total. The largest absolute Gasteiger partial charge is 0.416 e. The van der Waals surface area contributed by atoms with Gasteiger partial charge in [0.15, 0.2) is 0 Å². The highest BCUT2D eigenvalue weighted by atomic mass is 19.4. The lowest BCUT2D eigenvalue weighted by atomic mass is 10.1. The van der Waals surface area contributed by atoms with Gasteiger partial charge >= 0.3 is 6.18 Å². The number of nitrogens with zero attached hydrogens (tertiary/aromatic N) is 1. The van der Waals surface area contributed by atoms with E-state index in [2.05, 4.69) is 9.88 Å². The smallest absolute Gasteiger partial charge is 0.342 e. The van der Waals surface area contributed by atoms with Gasteiger partial charge in [0.2, 0.25) is 0 Å². The van der Waals surface area contributed by atoms with Crippen LogP contribution >= 0.6 is 0 Å². The van der Waals surface area contributed by atoms with Gasteiger partial charge in [-0.2, -0.15) is 13.2 Å². The summed E-state index contributed by atoms with van der Waals surface area (Å²) in [5, 5.41) is 3.87. The SMILES string of the molecule is FC(F)(F)c1ccc2c(c1)cc1n2CCNC1. The first kappa shape index (κ1) is 10.7. The summed E-state index contributed by atoms with van der Waals surface area (Å²) in [6, 6.07) is 5.77. The first-order valence-corrected chi connectivity index (χ1v) is 5.46. The van der Waals surface area contributed by atoms with Gasteiger partial charge in [-0.25, -0.2) is 0 Å². The van der Waals surface area contributed by atoms with E-state index in [-0.39, 0.29) is 0 Å². The van der Waals surface area contributed by atoms with Gasteiger partial charge in [-0.05, 0) is 24.3 Å². The van der Waals surface area contributed by atoms with Gasteiger partial charge in [-0.1, -0.05) is 0 Å². The van der Waals surface area contributed by atoms with Crippen LogP contribution in [0.4, 0.5) is 13.2 Å². The zero-order valence-electron chi connectivity index (χ0n) is 9.01. The molecule has 0 atom stereocenters. The molecule has 0 bridgehead atoms. The minimum Gasteiger partial charge on any atom is -0.342 e. The van der Waals surface area contributed by atoms with Gasteiger partial charge in [0.05, 0.1) is 5.56 Å². The number of aromatic nitrogens is 1. The molecule has 0 spiro atoms. The van der Waals surface area contributed by atoms with Crippen LogP contribution in [0.1, 0.15) is 11.3 Å². The van der Waals surface area contributed by atoms with Crippen LogP contribution in [0.25, 0.3) is 10.9 Å². The molecule has 1 aromatic heterocycles. The average Bonchev–Trinajstić information content (AvgIpc) is 2.65. The van der Waals surface area contributed by atoms with Gasteiger partial charge in [0.25, 0.3) is 0 Å². The normalized spacial score (nSPS) is 16.2. The summed E-state index contributed by atoms with van der Waals surface area (Å²) >= 11 is 0. The quantitative estimate of drug-likeness (QED) is 0.749. The molecule has 0 unspecified atom stereocenters. The van der Waals surface area contributed by atoms with Gasteiger partial charge in [0, 0.05) is 36.2 Å². The summed E-state index contributed by atoms with van der Waals surface area (Å²) in [5.74, 6) is 0. The molecule has 1 aliphatic rings. The molecule has 0 fully saturated rings. The summed E-state index contributed by atoms with van der Waals surface area (Å²) in [5.41, 5.74) is 1.35. The average molecular weight is 240 g/mol. The highest BCUT2D eigenvalue weighted by Crippen LogP contribution is 2.32. The molecular weight excluding hydrogens is 229 g/mol. The van der Waals surface area contributed by atoms with E-state index in [1.165, 1.54) is 6.07 Å². The summed E-state index contributed by atoms with van der Waals surface area (Å²) in [7, 11) is 0. The van der Waals surface area contributed by atoms with E-state index in [0.29, 0.717) is 5.39 Å². The van der Waals surface area contributed by atoms with E-state index in [1.807, 2.05) is 6.07 Å². The Morgan fingerprint density at radius 2 is 2.00 bits per heavy atom. The molecule has 3 rings (SSSR count). The minimum atomic E-state index is -4.27. The summed E-state index contributed by atoms with van der Waals surface area (Å²) < 4.78 is 39.8. The zero-order valence-corrected chi connectivity index (χ0v) is 9.01. The molecule has 0 saturated heterocycles. The predicted octanol–water partition coefficient (Wildman–Crippen LogP) is 2.76. The lowest BCUT2D eigenvalue weighted by Crippen LogP contribution is -2.27. The maximum Gasteiger partial charge on any atom is 0.416 e. The lowest BCUT2D eigenvalue weighted by Gasteiger charge is -2.17. The van der Waals surface area contributed by atoms with E-state index in [1.54, 1.807) is 6.07 Å². The van der Waals surface area contributed by atoms with E-state index < -0.39 is 11.7 Å². The summed E-state index contributed by atoms with van der Waals surface area (Å²) in [6.07, 6.45) is -4.27. The third-order valence-corrected chi connectivity index (χ3v) is 3.13. The summed E-state index contributed by atoms with van der Waals surface area (Å²) in [4.78, 5) is 0. The second kappa shape index (κ2) is 3.50. The van der Waals surface area contributed by atoms with Gasteiger partial charge in [-0.15, -0.1) is 0 Å². The Kier molecular flexibility index (Phi) is 2.19. The maximum absolute atomic E-state index is 12.6. The molecule has 5 heteroatoms. The Labute approximate surface area is 96.0 Å². The van der Waals surface area contributed by atoms with Crippen molar-refractivity contribution in [2.45, 2.75) is 19.3 Å². The first-order valence-electron chi connectivity index (χ1n) is 5.46. The van der Waals surface area contributed by atoms with E-state index in [4.69, 9.17) is 0 Å². The van der Waals surface area contributed by atoms with E-state index in [9.17, 15) is 13.2 Å². The van der Waals surface area contributed by atoms with Crippen LogP contribution in [0.3, 0.4) is 0 Å². The van der Waals surface area contributed by atoms with Crippen molar-refractivity contribution in [2.24, 2.45) is 0 Å². The fourth-order valence-electron chi connectivity index (χ4n) is 2.32. The fourth-order valence-corrected chi connectivity index (χ4v) is 2.32.